The Morgan fingerprint density at radius 3 is 2.47 bits per heavy atom. The maximum Gasteiger partial charge on any atom is 0.271 e. The minimum absolute atomic E-state index is 0.0211. The van der Waals surface area contributed by atoms with Gasteiger partial charge in [-0.05, 0) is 96.1 Å². The summed E-state index contributed by atoms with van der Waals surface area (Å²) in [6, 6.07) is 25.1. The number of halogens is 1. The van der Waals surface area contributed by atoms with Crippen molar-refractivity contribution < 1.29 is 19.2 Å². The summed E-state index contributed by atoms with van der Waals surface area (Å²) in [5.74, 6) is 0.727. The van der Waals surface area contributed by atoms with Gasteiger partial charge in [-0.1, -0.05) is 29.8 Å². The first-order valence-electron chi connectivity index (χ1n) is 13.8. The third-order valence-electron chi connectivity index (χ3n) is 6.49. The molecule has 0 radical (unpaired) electrons. The van der Waals surface area contributed by atoms with E-state index in [0.29, 0.717) is 29.2 Å². The fraction of sp³-hybridized carbons (Fsp3) is 0.121. The molecule has 228 valence electrons. The van der Waals surface area contributed by atoms with Gasteiger partial charge in [0.05, 0.1) is 27.0 Å². The van der Waals surface area contributed by atoms with Crippen LogP contribution in [0.5, 0.6) is 11.5 Å². The van der Waals surface area contributed by atoms with E-state index in [1.54, 1.807) is 30.3 Å². The SMILES string of the molecule is CCOc1cc(/C=N\NC(=O)c2ccc(-c3csc(Nc4ccc(C)cc4)n3)cc2)cc(I)c1OCc1ccc([N+](=O)[O-])cc1. The monoisotopic (exact) mass is 733 g/mol. The number of carbonyl (C=O) groups is 1. The molecule has 4 aromatic carbocycles. The van der Waals surface area contributed by atoms with Gasteiger partial charge in [-0.25, -0.2) is 10.4 Å². The van der Waals surface area contributed by atoms with E-state index >= 15 is 0 Å². The van der Waals surface area contributed by atoms with Gasteiger partial charge in [0.15, 0.2) is 16.6 Å². The van der Waals surface area contributed by atoms with Crippen molar-refractivity contribution in [3.05, 3.63) is 126 Å². The van der Waals surface area contributed by atoms with Crippen LogP contribution in [-0.4, -0.2) is 28.6 Å². The molecule has 0 aliphatic rings. The molecule has 1 amide bonds. The molecule has 0 unspecified atom stereocenters. The van der Waals surface area contributed by atoms with E-state index in [1.807, 2.05) is 61.7 Å². The van der Waals surface area contributed by atoms with Crippen LogP contribution in [0.3, 0.4) is 0 Å². The lowest BCUT2D eigenvalue weighted by atomic mass is 10.1. The van der Waals surface area contributed by atoms with Gasteiger partial charge in [-0.15, -0.1) is 11.3 Å². The van der Waals surface area contributed by atoms with Crippen LogP contribution in [0.4, 0.5) is 16.5 Å². The average molecular weight is 734 g/mol. The second kappa shape index (κ2) is 14.8. The van der Waals surface area contributed by atoms with Gasteiger partial charge >= 0.3 is 0 Å². The predicted molar refractivity (Wildman–Crippen MR) is 185 cm³/mol. The quantitative estimate of drug-likeness (QED) is 0.0574. The van der Waals surface area contributed by atoms with Crippen molar-refractivity contribution in [1.29, 1.82) is 0 Å². The van der Waals surface area contributed by atoms with Crippen molar-refractivity contribution in [2.75, 3.05) is 11.9 Å². The van der Waals surface area contributed by atoms with E-state index in [2.05, 4.69) is 43.4 Å². The molecule has 10 nitrogen and oxygen atoms in total. The van der Waals surface area contributed by atoms with Crippen LogP contribution in [0.1, 0.15) is 34.0 Å². The molecule has 5 aromatic rings. The third kappa shape index (κ3) is 8.42. The van der Waals surface area contributed by atoms with Gasteiger partial charge in [-0.2, -0.15) is 5.10 Å². The van der Waals surface area contributed by atoms with Crippen LogP contribution in [0.2, 0.25) is 0 Å². The second-order valence-corrected chi connectivity index (χ2v) is 11.8. The molecule has 0 saturated heterocycles. The molecule has 0 bridgehead atoms. The highest BCUT2D eigenvalue weighted by molar-refractivity contribution is 14.1. The van der Waals surface area contributed by atoms with Gasteiger partial charge in [0, 0.05) is 34.3 Å². The molecule has 45 heavy (non-hydrogen) atoms. The van der Waals surface area contributed by atoms with Gasteiger partial charge in [0.2, 0.25) is 0 Å². The highest BCUT2D eigenvalue weighted by Gasteiger charge is 2.14. The lowest BCUT2D eigenvalue weighted by molar-refractivity contribution is -0.384. The Kier molecular flexibility index (Phi) is 10.4. The molecular weight excluding hydrogens is 705 g/mol. The summed E-state index contributed by atoms with van der Waals surface area (Å²) in [4.78, 5) is 27.9. The number of benzene rings is 4. The van der Waals surface area contributed by atoms with Crippen LogP contribution in [0, 0.1) is 20.6 Å². The Hall–Kier alpha value is -4.82. The van der Waals surface area contributed by atoms with E-state index in [0.717, 1.165) is 31.2 Å². The number of hydrogen-bond donors (Lipinski definition) is 2. The molecule has 5 rings (SSSR count). The summed E-state index contributed by atoms with van der Waals surface area (Å²) in [5.41, 5.74) is 8.43. The molecule has 12 heteroatoms. The first-order valence-corrected chi connectivity index (χ1v) is 15.8. The van der Waals surface area contributed by atoms with E-state index in [-0.39, 0.29) is 18.2 Å². The number of hydrazone groups is 1. The predicted octanol–water partition coefficient (Wildman–Crippen LogP) is 8.12. The molecule has 0 atom stereocenters. The van der Waals surface area contributed by atoms with Gasteiger partial charge in [0.25, 0.3) is 11.6 Å². The first kappa shape index (κ1) is 31.6. The normalized spacial score (nSPS) is 10.9. The van der Waals surface area contributed by atoms with Crippen molar-refractivity contribution in [3.8, 4) is 22.8 Å². The summed E-state index contributed by atoms with van der Waals surface area (Å²) in [6.07, 6.45) is 1.54. The minimum atomic E-state index is -0.441. The summed E-state index contributed by atoms with van der Waals surface area (Å²) >= 11 is 3.66. The molecule has 0 spiro atoms. The van der Waals surface area contributed by atoms with Crippen molar-refractivity contribution >= 4 is 62.6 Å². The van der Waals surface area contributed by atoms with Crippen molar-refractivity contribution in [3.63, 3.8) is 0 Å². The van der Waals surface area contributed by atoms with E-state index in [1.165, 1.54) is 35.2 Å². The number of thiazole rings is 1. The van der Waals surface area contributed by atoms with Gasteiger partial charge < -0.3 is 14.8 Å². The lowest BCUT2D eigenvalue weighted by Crippen LogP contribution is -2.17. The van der Waals surface area contributed by atoms with Crippen molar-refractivity contribution in [2.45, 2.75) is 20.5 Å². The van der Waals surface area contributed by atoms with Crippen LogP contribution < -0.4 is 20.2 Å². The molecular formula is C33H28IN5O5S. The zero-order valence-corrected chi connectivity index (χ0v) is 27.3. The fourth-order valence-electron chi connectivity index (χ4n) is 4.18. The molecule has 0 fully saturated rings. The number of non-ortho nitro benzene ring substituents is 1. The van der Waals surface area contributed by atoms with Crippen molar-refractivity contribution in [1.82, 2.24) is 10.4 Å². The van der Waals surface area contributed by atoms with Crippen LogP contribution in [-0.2, 0) is 6.61 Å². The van der Waals surface area contributed by atoms with Crippen molar-refractivity contribution in [2.24, 2.45) is 5.10 Å². The molecule has 0 aliphatic carbocycles. The van der Waals surface area contributed by atoms with Crippen LogP contribution in [0.25, 0.3) is 11.3 Å². The van der Waals surface area contributed by atoms with E-state index < -0.39 is 4.92 Å². The standard InChI is InChI=1S/C33H28IN5O5S/c1-3-43-30-17-23(16-28(34)31(30)44-19-22-6-14-27(15-7-22)39(41)42)18-35-38-32(40)25-10-8-24(9-11-25)29-20-45-33(37-29)36-26-12-4-21(2)5-13-26/h4-18,20H,3,19H2,1-2H3,(H,36,37)(H,38,40)/b35-18-. The maximum absolute atomic E-state index is 12.8. The van der Waals surface area contributed by atoms with Gasteiger partial charge in [-0.3, -0.25) is 14.9 Å². The molecule has 2 N–H and O–H groups in total. The third-order valence-corrected chi connectivity index (χ3v) is 8.05. The summed E-state index contributed by atoms with van der Waals surface area (Å²) < 4.78 is 12.6. The summed E-state index contributed by atoms with van der Waals surface area (Å²) in [7, 11) is 0. The number of carbonyl (C=O) groups excluding carboxylic acids is 1. The number of nitro groups is 1. The average Bonchev–Trinajstić information content (AvgIpc) is 3.50. The molecule has 1 aromatic heterocycles. The number of aryl methyl sites for hydroxylation is 1. The largest absolute Gasteiger partial charge is 0.490 e. The number of anilines is 2. The highest BCUT2D eigenvalue weighted by Crippen LogP contribution is 2.35. The van der Waals surface area contributed by atoms with Crippen LogP contribution >= 0.6 is 33.9 Å². The summed E-state index contributed by atoms with van der Waals surface area (Å²) in [6.45, 7) is 4.55. The Bertz CT molecular complexity index is 1820. The molecule has 0 aliphatic heterocycles. The Morgan fingerprint density at radius 1 is 1.04 bits per heavy atom. The zero-order chi connectivity index (χ0) is 31.8. The van der Waals surface area contributed by atoms with Gasteiger partial charge in [0.1, 0.15) is 6.61 Å². The van der Waals surface area contributed by atoms with E-state index in [9.17, 15) is 14.9 Å². The number of ether oxygens (including phenoxy) is 2. The number of hydrogen-bond acceptors (Lipinski definition) is 9. The Morgan fingerprint density at radius 2 is 1.78 bits per heavy atom. The number of nitro benzene ring substituents is 1. The number of aromatic nitrogens is 1. The topological polar surface area (TPSA) is 128 Å². The Balaban J connectivity index is 1.19. The summed E-state index contributed by atoms with van der Waals surface area (Å²) in [5, 5.41) is 21.1. The molecule has 0 saturated carbocycles. The number of rotatable bonds is 12. The van der Waals surface area contributed by atoms with Crippen LogP contribution in [0.15, 0.2) is 95.4 Å². The smallest absolute Gasteiger partial charge is 0.271 e. The number of amides is 1. The molecule has 1 heterocycles. The maximum atomic E-state index is 12.8. The zero-order valence-electron chi connectivity index (χ0n) is 24.3. The minimum Gasteiger partial charge on any atom is -0.490 e. The Labute approximate surface area is 277 Å². The number of nitrogens with one attached hydrogen (secondary N) is 2. The first-order chi connectivity index (χ1) is 21.8. The van der Waals surface area contributed by atoms with E-state index in [4.69, 9.17) is 9.47 Å². The fourth-order valence-corrected chi connectivity index (χ4v) is 5.70. The number of nitrogens with zero attached hydrogens (tertiary/aromatic N) is 3. The second-order valence-electron chi connectivity index (χ2n) is 9.78. The lowest BCUT2D eigenvalue weighted by Gasteiger charge is -2.14. The highest BCUT2D eigenvalue weighted by atomic mass is 127.